The van der Waals surface area contributed by atoms with Crippen LogP contribution in [-0.4, -0.2) is 34.0 Å². The Labute approximate surface area is 174 Å². The van der Waals surface area contributed by atoms with Crippen LogP contribution in [0, 0.1) is 0 Å². The molecule has 146 valence electrons. The van der Waals surface area contributed by atoms with E-state index in [0.717, 1.165) is 0 Å². The number of phenols is 1. The first-order valence-corrected chi connectivity index (χ1v) is 12.4. The van der Waals surface area contributed by atoms with E-state index in [2.05, 4.69) is 36.6 Å². The number of nitrogens with one attached hydrogen (secondary N) is 1. The van der Waals surface area contributed by atoms with Crippen molar-refractivity contribution in [2.45, 2.75) is 28.1 Å². The van der Waals surface area contributed by atoms with Gasteiger partial charge in [-0.3, -0.25) is 4.72 Å². The van der Waals surface area contributed by atoms with Crippen molar-refractivity contribution in [3.05, 3.63) is 45.3 Å². The highest BCUT2D eigenvalue weighted by atomic mass is 79.9. The number of ether oxygens (including phenoxy) is 1. The molecule has 0 bridgehead atoms. The van der Waals surface area contributed by atoms with Crippen molar-refractivity contribution in [1.29, 1.82) is 0 Å². The van der Waals surface area contributed by atoms with Gasteiger partial charge in [0, 0.05) is 15.6 Å². The van der Waals surface area contributed by atoms with Crippen LogP contribution < -0.4 is 4.72 Å². The van der Waals surface area contributed by atoms with Crippen LogP contribution in [-0.2, 0) is 24.6 Å². The Bertz CT molecular complexity index is 1080. The summed E-state index contributed by atoms with van der Waals surface area (Å²) in [7, 11) is -7.90. The van der Waals surface area contributed by atoms with Crippen LogP contribution in [0.15, 0.2) is 55.1 Å². The number of benzene rings is 2. The number of hydrogen-bond acceptors (Lipinski definition) is 6. The maximum absolute atomic E-state index is 12.7. The monoisotopic (exact) mass is 539 g/mol. The Kier molecular flexibility index (Phi) is 5.88. The Morgan fingerprint density at radius 1 is 1.04 bits per heavy atom. The molecule has 0 spiro atoms. The summed E-state index contributed by atoms with van der Waals surface area (Å²) < 4.78 is 59.1. The molecule has 2 aromatic carbocycles. The predicted molar refractivity (Wildman–Crippen MR) is 107 cm³/mol. The summed E-state index contributed by atoms with van der Waals surface area (Å²) in [6, 6.07) is 8.05. The van der Waals surface area contributed by atoms with Gasteiger partial charge in [0.25, 0.3) is 10.0 Å². The van der Waals surface area contributed by atoms with Gasteiger partial charge in [-0.15, -0.1) is 0 Å². The summed E-state index contributed by atoms with van der Waals surface area (Å²) in [6.07, 6.45) is 1.04. The lowest BCUT2D eigenvalue weighted by Gasteiger charge is -2.14. The SMILES string of the molecule is O=S(=O)(Nc1cc(Br)cc(S(=O)(=O)C2CCCO2)c1)c1cc(Br)ccc1O. The number of anilines is 1. The van der Waals surface area contributed by atoms with Gasteiger partial charge in [0.2, 0.25) is 9.84 Å². The minimum atomic E-state index is -4.14. The number of phenolic OH excluding ortho intramolecular Hbond substituents is 1. The second-order valence-corrected chi connectivity index (χ2v) is 11.5. The minimum Gasteiger partial charge on any atom is -0.507 e. The molecule has 1 aliphatic heterocycles. The summed E-state index contributed by atoms with van der Waals surface area (Å²) >= 11 is 6.36. The summed E-state index contributed by atoms with van der Waals surface area (Å²) in [5, 5.41) is 9.87. The molecular weight excluding hydrogens is 526 g/mol. The van der Waals surface area contributed by atoms with Crippen LogP contribution in [0.4, 0.5) is 5.69 Å². The van der Waals surface area contributed by atoms with Crippen molar-refractivity contribution in [3.63, 3.8) is 0 Å². The number of sulfonamides is 1. The van der Waals surface area contributed by atoms with Crippen molar-refractivity contribution in [3.8, 4) is 5.75 Å². The molecule has 2 N–H and O–H groups in total. The molecule has 11 heteroatoms. The molecule has 0 amide bonds. The van der Waals surface area contributed by atoms with E-state index in [-0.39, 0.29) is 15.5 Å². The van der Waals surface area contributed by atoms with Gasteiger partial charge in [0.15, 0.2) is 5.44 Å². The van der Waals surface area contributed by atoms with E-state index in [4.69, 9.17) is 4.74 Å². The number of rotatable bonds is 5. The first-order valence-electron chi connectivity index (χ1n) is 7.77. The lowest BCUT2D eigenvalue weighted by atomic mass is 10.3. The normalized spacial score (nSPS) is 17.8. The van der Waals surface area contributed by atoms with E-state index >= 15 is 0 Å². The van der Waals surface area contributed by atoms with E-state index in [0.29, 0.717) is 28.4 Å². The topological polar surface area (TPSA) is 110 Å². The maximum atomic E-state index is 12.7. The van der Waals surface area contributed by atoms with Crippen molar-refractivity contribution < 1.29 is 26.7 Å². The van der Waals surface area contributed by atoms with Gasteiger partial charge in [-0.1, -0.05) is 31.9 Å². The maximum Gasteiger partial charge on any atom is 0.265 e. The summed E-state index contributed by atoms with van der Waals surface area (Å²) in [5.74, 6) is -0.423. The van der Waals surface area contributed by atoms with Crippen LogP contribution in [0.25, 0.3) is 0 Å². The lowest BCUT2D eigenvalue weighted by Crippen LogP contribution is -2.20. The molecule has 0 saturated carbocycles. The highest BCUT2D eigenvalue weighted by Gasteiger charge is 2.32. The van der Waals surface area contributed by atoms with Crippen molar-refractivity contribution >= 4 is 57.4 Å². The van der Waals surface area contributed by atoms with E-state index in [9.17, 15) is 21.9 Å². The fourth-order valence-corrected chi connectivity index (χ4v) is 6.60. The van der Waals surface area contributed by atoms with Crippen molar-refractivity contribution in [1.82, 2.24) is 0 Å². The number of sulfone groups is 1. The Morgan fingerprint density at radius 2 is 1.78 bits per heavy atom. The van der Waals surface area contributed by atoms with E-state index in [1.54, 1.807) is 0 Å². The van der Waals surface area contributed by atoms with Gasteiger partial charge in [-0.25, -0.2) is 16.8 Å². The first kappa shape index (κ1) is 20.6. The molecule has 1 atom stereocenters. The molecule has 1 unspecified atom stereocenters. The Morgan fingerprint density at radius 3 is 2.44 bits per heavy atom. The third kappa shape index (κ3) is 4.48. The van der Waals surface area contributed by atoms with Gasteiger partial charge in [0.05, 0.1) is 10.6 Å². The van der Waals surface area contributed by atoms with Gasteiger partial charge < -0.3 is 9.84 Å². The third-order valence-corrected chi connectivity index (χ3v) is 8.22. The smallest absolute Gasteiger partial charge is 0.265 e. The zero-order chi connectivity index (χ0) is 19.8. The predicted octanol–water partition coefficient (Wildman–Crippen LogP) is 3.63. The fraction of sp³-hybridized carbons (Fsp3) is 0.250. The van der Waals surface area contributed by atoms with Crippen molar-refractivity contribution in [2.75, 3.05) is 11.3 Å². The molecular formula is C16H15Br2NO6S2. The molecule has 1 fully saturated rings. The quantitative estimate of drug-likeness (QED) is 0.599. The third-order valence-electron chi connectivity index (χ3n) is 3.90. The van der Waals surface area contributed by atoms with Crippen LogP contribution in [0.3, 0.4) is 0 Å². The van der Waals surface area contributed by atoms with Gasteiger partial charge >= 0.3 is 0 Å². The van der Waals surface area contributed by atoms with Crippen LogP contribution in [0.5, 0.6) is 5.75 Å². The molecule has 0 aliphatic carbocycles. The van der Waals surface area contributed by atoms with Gasteiger partial charge in [-0.05, 0) is 49.2 Å². The largest absolute Gasteiger partial charge is 0.507 e. The molecule has 1 saturated heterocycles. The molecule has 27 heavy (non-hydrogen) atoms. The standard InChI is InChI=1S/C16H15Br2NO6S2/c17-10-3-4-14(20)15(8-10)27(23,24)19-12-6-11(18)7-13(9-12)26(21,22)16-2-1-5-25-16/h3-4,6-9,16,19-20H,1-2,5H2. The highest BCUT2D eigenvalue weighted by Crippen LogP contribution is 2.32. The van der Waals surface area contributed by atoms with Crippen LogP contribution in [0.1, 0.15) is 12.8 Å². The van der Waals surface area contributed by atoms with Crippen LogP contribution >= 0.6 is 31.9 Å². The van der Waals surface area contributed by atoms with Gasteiger partial charge in [-0.2, -0.15) is 0 Å². The van der Waals surface area contributed by atoms with Crippen molar-refractivity contribution in [2.24, 2.45) is 0 Å². The molecule has 1 heterocycles. The zero-order valence-corrected chi connectivity index (χ0v) is 18.5. The van der Waals surface area contributed by atoms with Gasteiger partial charge in [0.1, 0.15) is 10.6 Å². The molecule has 0 aromatic heterocycles. The van der Waals surface area contributed by atoms with E-state index < -0.39 is 31.0 Å². The second kappa shape index (κ2) is 7.70. The molecule has 1 aliphatic rings. The Hall–Kier alpha value is -1.14. The zero-order valence-electron chi connectivity index (χ0n) is 13.7. The van der Waals surface area contributed by atoms with E-state index in [1.807, 2.05) is 0 Å². The molecule has 7 nitrogen and oxygen atoms in total. The highest BCUT2D eigenvalue weighted by molar-refractivity contribution is 9.10. The fourth-order valence-electron chi connectivity index (χ4n) is 2.64. The molecule has 2 aromatic rings. The summed E-state index contributed by atoms with van der Waals surface area (Å²) in [6.45, 7) is 0.375. The number of hydrogen-bond donors (Lipinski definition) is 2. The average molecular weight is 541 g/mol. The number of aromatic hydroxyl groups is 1. The number of halogens is 2. The van der Waals surface area contributed by atoms with E-state index in [1.165, 1.54) is 36.4 Å². The molecule has 3 rings (SSSR count). The minimum absolute atomic E-state index is 0.0420. The lowest BCUT2D eigenvalue weighted by molar-refractivity contribution is 0.165. The summed E-state index contributed by atoms with van der Waals surface area (Å²) in [4.78, 5) is -0.389. The van der Waals surface area contributed by atoms with Crippen LogP contribution in [0.2, 0.25) is 0 Å². The average Bonchev–Trinajstić information content (AvgIpc) is 3.11. The summed E-state index contributed by atoms with van der Waals surface area (Å²) in [5.41, 5.74) is -0.897. The Balaban J connectivity index is 1.98. The second-order valence-electron chi connectivity index (χ2n) is 5.88. The molecule has 0 radical (unpaired) electrons. The first-order chi connectivity index (χ1) is 12.6.